The molecule has 2 fully saturated rings. The average Bonchev–Trinajstić information content (AvgIpc) is 3.10. The molecule has 0 radical (unpaired) electrons. The molecule has 3 heterocycles. The summed E-state index contributed by atoms with van der Waals surface area (Å²) in [6.07, 6.45) is -10.3. The van der Waals surface area contributed by atoms with Crippen LogP contribution in [0, 0.1) is 0 Å². The van der Waals surface area contributed by atoms with Crippen LogP contribution in [0.1, 0.15) is 12.6 Å². The van der Waals surface area contributed by atoms with E-state index in [-0.39, 0.29) is 6.42 Å². The summed E-state index contributed by atoms with van der Waals surface area (Å²) in [5.41, 5.74) is 3.82. The van der Waals surface area contributed by atoms with Gasteiger partial charge in [-0.1, -0.05) is 30.0 Å². The van der Waals surface area contributed by atoms with Gasteiger partial charge in [0, 0.05) is 23.6 Å². The highest BCUT2D eigenvalue weighted by Crippen LogP contribution is 2.36. The van der Waals surface area contributed by atoms with Gasteiger partial charge in [0.15, 0.2) is 6.23 Å². The van der Waals surface area contributed by atoms with E-state index < -0.39 is 71.7 Å². The van der Waals surface area contributed by atoms with E-state index in [9.17, 15) is 35.1 Å². The molecule has 1 unspecified atom stereocenters. The van der Waals surface area contributed by atoms with Crippen molar-refractivity contribution < 1.29 is 35.0 Å². The van der Waals surface area contributed by atoms with Gasteiger partial charge >= 0.3 is 5.69 Å². The number of hydrogen-bond acceptors (Lipinski definition) is 11. The fraction of sp³-hybridized carbons (Fsp3) is 0.524. The van der Waals surface area contributed by atoms with Gasteiger partial charge in [0.1, 0.15) is 36.0 Å². The third-order valence-electron chi connectivity index (χ3n) is 6.00. The number of nitrogens with two attached hydrogens (primary N) is 1. The highest BCUT2D eigenvalue weighted by atomic mass is 32.2. The summed E-state index contributed by atoms with van der Waals surface area (Å²) in [7, 11) is 0. The number of hydrogen-bond donors (Lipinski definition) is 7. The number of aliphatic hydroxyl groups excluding tert-OH is 5. The van der Waals surface area contributed by atoms with Gasteiger partial charge in [-0.3, -0.25) is 14.3 Å². The highest BCUT2D eigenvalue weighted by molar-refractivity contribution is 7.99. The summed E-state index contributed by atoms with van der Waals surface area (Å²) < 4.78 is 12.3. The fourth-order valence-corrected chi connectivity index (χ4v) is 5.22. The molecule has 2 aliphatic rings. The average molecular weight is 498 g/mol. The largest absolute Gasteiger partial charge is 0.390 e. The number of rotatable bonds is 6. The Morgan fingerprint density at radius 3 is 2.38 bits per heavy atom. The molecule has 0 aliphatic carbocycles. The van der Waals surface area contributed by atoms with Crippen LogP contribution in [-0.2, 0) is 9.47 Å². The second-order valence-electron chi connectivity index (χ2n) is 8.33. The van der Waals surface area contributed by atoms with E-state index in [4.69, 9.17) is 15.2 Å². The number of aromatic nitrogens is 2. The smallest absolute Gasteiger partial charge is 0.330 e. The maximum atomic E-state index is 12.0. The van der Waals surface area contributed by atoms with E-state index in [0.717, 1.165) is 21.7 Å². The molecule has 34 heavy (non-hydrogen) atoms. The van der Waals surface area contributed by atoms with Gasteiger partial charge in [0.2, 0.25) is 0 Å². The van der Waals surface area contributed by atoms with E-state index >= 15 is 0 Å². The zero-order valence-electron chi connectivity index (χ0n) is 17.8. The van der Waals surface area contributed by atoms with E-state index in [1.54, 1.807) is 0 Å². The van der Waals surface area contributed by atoms with Crippen LogP contribution in [0.25, 0.3) is 0 Å². The lowest BCUT2D eigenvalue weighted by Gasteiger charge is -2.42. The Morgan fingerprint density at radius 2 is 1.71 bits per heavy atom. The summed E-state index contributed by atoms with van der Waals surface area (Å²) in [6.45, 7) is 0. The Balaban J connectivity index is 1.46. The number of nitrogens with one attached hydrogen (secondary N) is 1. The van der Waals surface area contributed by atoms with Gasteiger partial charge in [-0.15, -0.1) is 0 Å². The third kappa shape index (κ3) is 4.98. The van der Waals surface area contributed by atoms with Crippen LogP contribution < -0.4 is 17.0 Å². The summed E-state index contributed by atoms with van der Waals surface area (Å²) in [6, 6.07) is 9.33. The molecular formula is C21H27N3O9S. The first-order chi connectivity index (χ1) is 16.2. The summed E-state index contributed by atoms with van der Waals surface area (Å²) in [5, 5.41) is 52.5. The van der Waals surface area contributed by atoms with Crippen LogP contribution in [0.5, 0.6) is 0 Å². The first-order valence-electron chi connectivity index (χ1n) is 10.7. The van der Waals surface area contributed by atoms with Crippen LogP contribution in [0.2, 0.25) is 0 Å². The third-order valence-corrected chi connectivity index (χ3v) is 7.20. The quantitative estimate of drug-likeness (QED) is 0.222. The molecule has 12 nitrogen and oxygen atoms in total. The Kier molecular flexibility index (Phi) is 7.57. The summed E-state index contributed by atoms with van der Waals surface area (Å²) in [4.78, 5) is 26.2. The highest BCUT2D eigenvalue weighted by Gasteiger charge is 2.50. The number of nitrogens with zero attached hydrogens (tertiary/aromatic N) is 1. The first kappa shape index (κ1) is 25.0. The molecule has 10 atom stereocenters. The molecule has 0 bridgehead atoms. The molecule has 0 saturated carbocycles. The maximum absolute atomic E-state index is 12.0. The van der Waals surface area contributed by atoms with E-state index in [1.165, 1.54) is 11.8 Å². The predicted molar refractivity (Wildman–Crippen MR) is 119 cm³/mol. The Morgan fingerprint density at radius 1 is 1.00 bits per heavy atom. The maximum Gasteiger partial charge on any atom is 0.330 e. The van der Waals surface area contributed by atoms with Crippen LogP contribution in [0.3, 0.4) is 0 Å². The SMILES string of the molecule is N[C@@H]1[C@@H](O)[C@@H](O)[C@@H](CC(O)[C@H]2O[C@@H](n3ccc(=O)[nH]c3=O)[C@H](O)[C@@H]2O)O[C@H]1Sc1ccccc1. The standard InChI is InChI=1S/C21H27N3O9S/c22-13-15(28)14(27)11(32-20(13)34-9-4-2-1-3-5-9)8-10(25)18-16(29)17(30)19(33-18)24-7-6-12(26)23-21(24)31/h1-7,10-11,13-20,25,27-30H,8,22H2,(H,23,26,31)/t10?,11-,13-,14+,15-,16+,17-,18-,19-,20+/m1/s1. The predicted octanol–water partition coefficient (Wildman–Crippen LogP) is -2.53. The summed E-state index contributed by atoms with van der Waals surface area (Å²) >= 11 is 1.26. The van der Waals surface area contributed by atoms with Gasteiger partial charge in [-0.25, -0.2) is 4.79 Å². The lowest BCUT2D eigenvalue weighted by molar-refractivity contribution is -0.174. The van der Waals surface area contributed by atoms with Crippen molar-refractivity contribution in [1.29, 1.82) is 0 Å². The van der Waals surface area contributed by atoms with Gasteiger partial charge in [0.05, 0.1) is 18.2 Å². The van der Waals surface area contributed by atoms with Crippen molar-refractivity contribution in [2.75, 3.05) is 0 Å². The van der Waals surface area contributed by atoms with Crippen LogP contribution in [0.15, 0.2) is 57.1 Å². The van der Waals surface area contributed by atoms with Crippen molar-refractivity contribution in [3.8, 4) is 0 Å². The van der Waals surface area contributed by atoms with Crippen LogP contribution in [0.4, 0.5) is 0 Å². The van der Waals surface area contributed by atoms with Crippen molar-refractivity contribution >= 4 is 11.8 Å². The molecule has 2 aliphatic heterocycles. The van der Waals surface area contributed by atoms with Crippen molar-refractivity contribution in [3.63, 3.8) is 0 Å². The van der Waals surface area contributed by atoms with Crippen molar-refractivity contribution in [2.24, 2.45) is 5.73 Å². The molecule has 13 heteroatoms. The molecule has 0 spiro atoms. The van der Waals surface area contributed by atoms with E-state index in [1.807, 2.05) is 35.3 Å². The molecule has 186 valence electrons. The fourth-order valence-electron chi connectivity index (χ4n) is 4.12. The number of H-pyrrole nitrogens is 1. The van der Waals surface area contributed by atoms with Gasteiger partial charge in [-0.2, -0.15) is 0 Å². The van der Waals surface area contributed by atoms with Gasteiger partial charge in [0.25, 0.3) is 5.56 Å². The molecule has 1 aromatic heterocycles. The van der Waals surface area contributed by atoms with Crippen molar-refractivity contribution in [1.82, 2.24) is 9.55 Å². The zero-order valence-corrected chi connectivity index (χ0v) is 18.6. The topological polar surface area (TPSA) is 200 Å². The molecule has 0 amide bonds. The molecule has 2 saturated heterocycles. The number of thioether (sulfide) groups is 1. The molecule has 8 N–H and O–H groups in total. The molecule has 1 aromatic carbocycles. The number of ether oxygens (including phenoxy) is 2. The normalized spacial score (nSPS) is 36.9. The Bertz CT molecular complexity index is 1080. The molecular weight excluding hydrogens is 470 g/mol. The monoisotopic (exact) mass is 497 g/mol. The second kappa shape index (κ2) is 10.3. The minimum Gasteiger partial charge on any atom is -0.390 e. The summed E-state index contributed by atoms with van der Waals surface area (Å²) in [5.74, 6) is 0. The lowest BCUT2D eigenvalue weighted by atomic mass is 9.92. The minimum absolute atomic E-state index is 0.265. The number of benzene rings is 1. The van der Waals surface area contributed by atoms with Crippen molar-refractivity contribution in [2.45, 2.75) is 71.7 Å². The Hall–Kier alpha value is -2.07. The minimum atomic E-state index is -1.58. The molecule has 2 aromatic rings. The second-order valence-corrected chi connectivity index (χ2v) is 9.50. The Labute approximate surface area is 197 Å². The zero-order chi connectivity index (χ0) is 24.6. The lowest BCUT2D eigenvalue weighted by Crippen LogP contribution is -2.61. The van der Waals surface area contributed by atoms with E-state index in [2.05, 4.69) is 0 Å². The van der Waals surface area contributed by atoms with Gasteiger partial charge < -0.3 is 40.7 Å². The van der Waals surface area contributed by atoms with Gasteiger partial charge in [-0.05, 0) is 12.1 Å². The first-order valence-corrected chi connectivity index (χ1v) is 11.6. The molecule has 4 rings (SSSR count). The van der Waals surface area contributed by atoms with E-state index in [0.29, 0.717) is 0 Å². The van der Waals surface area contributed by atoms with Crippen LogP contribution in [-0.4, -0.2) is 89.3 Å². The van der Waals surface area contributed by atoms with Crippen LogP contribution >= 0.6 is 11.8 Å². The van der Waals surface area contributed by atoms with Crippen molar-refractivity contribution in [3.05, 3.63) is 63.4 Å². The number of aromatic amines is 1. The number of aliphatic hydroxyl groups is 5.